The first-order valence-corrected chi connectivity index (χ1v) is 9.76. The van der Waals surface area contributed by atoms with E-state index in [1.165, 1.54) is 22.8 Å². The summed E-state index contributed by atoms with van der Waals surface area (Å²) in [5, 5.41) is 13.7. The molecule has 0 aliphatic carbocycles. The molecule has 1 N–H and O–H groups in total. The van der Waals surface area contributed by atoms with Gasteiger partial charge in [-0.3, -0.25) is 24.4 Å². The number of nitrogens with one attached hydrogen (secondary N) is 1. The van der Waals surface area contributed by atoms with Crippen molar-refractivity contribution in [3.05, 3.63) is 38.9 Å². The molecule has 1 aliphatic rings. The van der Waals surface area contributed by atoms with Crippen molar-refractivity contribution in [2.24, 2.45) is 0 Å². The topological polar surface area (TPSA) is 120 Å². The van der Waals surface area contributed by atoms with E-state index >= 15 is 0 Å². The Balaban J connectivity index is 1.45. The number of carbonyl (C=O) groups excluding carboxylic acids is 1. The van der Waals surface area contributed by atoms with Crippen LogP contribution in [-0.2, 0) is 16.1 Å². The van der Waals surface area contributed by atoms with E-state index in [1.54, 1.807) is 0 Å². The lowest BCUT2D eigenvalue weighted by Gasteiger charge is -2.35. The van der Waals surface area contributed by atoms with Crippen LogP contribution >= 0.6 is 0 Å². The first-order valence-electron chi connectivity index (χ1n) is 9.76. The van der Waals surface area contributed by atoms with Crippen molar-refractivity contribution in [2.75, 3.05) is 26.2 Å². The van der Waals surface area contributed by atoms with Crippen molar-refractivity contribution in [2.45, 2.75) is 45.4 Å². The number of fused-ring (bicyclic) bond motifs is 1. The fourth-order valence-corrected chi connectivity index (χ4v) is 3.69. The molecule has 0 radical (unpaired) electrons. The van der Waals surface area contributed by atoms with Gasteiger partial charge in [-0.25, -0.2) is 4.79 Å². The Labute approximate surface area is 167 Å². The van der Waals surface area contributed by atoms with Crippen LogP contribution in [0.15, 0.2) is 27.4 Å². The number of hydrogen-bond acceptors (Lipinski definition) is 7. The number of carbonyl (C=O) groups is 1. The monoisotopic (exact) mass is 406 g/mol. The molecule has 2 unspecified atom stereocenters. The molecule has 1 saturated heterocycles. The Kier molecular flexibility index (Phi) is 6.65. The van der Waals surface area contributed by atoms with Gasteiger partial charge in [0.05, 0.1) is 28.7 Å². The van der Waals surface area contributed by atoms with Crippen LogP contribution in [0.5, 0.6) is 0 Å². The zero-order valence-electron chi connectivity index (χ0n) is 16.6. The molecule has 1 amide bonds. The number of aryl methyl sites for hydroxylation is 1. The number of non-ortho nitro benzene ring substituents is 1. The molecular formula is C19H26N4O6. The maximum Gasteiger partial charge on any atom is 0.419 e. The third kappa shape index (κ3) is 5.42. The van der Waals surface area contributed by atoms with Crippen LogP contribution in [0.4, 0.5) is 5.69 Å². The first kappa shape index (κ1) is 21.0. The number of nitrogens with zero attached hydrogens (tertiary/aromatic N) is 3. The molecule has 1 aromatic heterocycles. The van der Waals surface area contributed by atoms with E-state index in [9.17, 15) is 19.7 Å². The van der Waals surface area contributed by atoms with Crippen LogP contribution in [-0.4, -0.2) is 58.7 Å². The summed E-state index contributed by atoms with van der Waals surface area (Å²) in [6.45, 7) is 7.44. The Morgan fingerprint density at radius 3 is 2.69 bits per heavy atom. The predicted octanol–water partition coefficient (Wildman–Crippen LogP) is 1.51. The van der Waals surface area contributed by atoms with Gasteiger partial charge in [0, 0.05) is 45.2 Å². The third-order valence-electron chi connectivity index (χ3n) is 4.89. The fraction of sp³-hybridized carbons (Fsp3) is 0.579. The summed E-state index contributed by atoms with van der Waals surface area (Å²) in [5.74, 6) is -0.660. The van der Waals surface area contributed by atoms with Crippen LogP contribution in [0, 0.1) is 10.1 Å². The molecule has 2 aromatic rings. The number of ether oxygens (including phenoxy) is 1. The number of morpholine rings is 1. The summed E-state index contributed by atoms with van der Waals surface area (Å²) in [7, 11) is 0. The van der Waals surface area contributed by atoms with Crippen molar-refractivity contribution < 1.29 is 18.9 Å². The van der Waals surface area contributed by atoms with Gasteiger partial charge >= 0.3 is 5.76 Å². The molecule has 2 heterocycles. The number of benzene rings is 1. The maximum atomic E-state index is 12.1. The molecule has 0 spiro atoms. The van der Waals surface area contributed by atoms with Gasteiger partial charge in [-0.05, 0) is 26.3 Å². The highest BCUT2D eigenvalue weighted by atomic mass is 16.6. The third-order valence-corrected chi connectivity index (χ3v) is 4.89. The number of nitro benzene ring substituents is 1. The number of amides is 1. The van der Waals surface area contributed by atoms with E-state index in [0.717, 1.165) is 19.6 Å². The molecule has 158 valence electrons. The zero-order valence-corrected chi connectivity index (χ0v) is 16.6. The molecule has 29 heavy (non-hydrogen) atoms. The number of hydrogen-bond donors (Lipinski definition) is 1. The molecule has 3 rings (SSSR count). The van der Waals surface area contributed by atoms with Gasteiger partial charge in [0.1, 0.15) is 0 Å². The van der Waals surface area contributed by atoms with Crippen LogP contribution in [0.25, 0.3) is 11.1 Å². The van der Waals surface area contributed by atoms with Gasteiger partial charge in [-0.2, -0.15) is 0 Å². The van der Waals surface area contributed by atoms with E-state index in [4.69, 9.17) is 9.15 Å². The van der Waals surface area contributed by atoms with E-state index in [1.807, 2.05) is 13.8 Å². The van der Waals surface area contributed by atoms with E-state index < -0.39 is 10.7 Å². The smallest absolute Gasteiger partial charge is 0.407 e. The number of nitro groups is 1. The summed E-state index contributed by atoms with van der Waals surface area (Å²) in [4.78, 5) is 36.6. The van der Waals surface area contributed by atoms with E-state index in [-0.39, 0.29) is 35.8 Å². The average molecular weight is 406 g/mol. The Morgan fingerprint density at radius 1 is 1.28 bits per heavy atom. The molecule has 2 atom stereocenters. The average Bonchev–Trinajstić information content (AvgIpc) is 2.95. The normalized spacial score (nSPS) is 20.1. The van der Waals surface area contributed by atoms with Crippen molar-refractivity contribution >= 4 is 22.7 Å². The molecule has 10 nitrogen and oxygen atoms in total. The molecule has 0 saturated carbocycles. The highest BCUT2D eigenvalue weighted by Gasteiger charge is 2.21. The minimum atomic E-state index is -0.587. The van der Waals surface area contributed by atoms with Crippen LogP contribution < -0.4 is 11.1 Å². The largest absolute Gasteiger partial charge is 0.419 e. The second-order valence-electron chi connectivity index (χ2n) is 7.40. The lowest BCUT2D eigenvalue weighted by molar-refractivity contribution is -0.384. The van der Waals surface area contributed by atoms with Gasteiger partial charge in [0.2, 0.25) is 5.91 Å². The highest BCUT2D eigenvalue weighted by Crippen LogP contribution is 2.20. The minimum Gasteiger partial charge on any atom is -0.407 e. The summed E-state index contributed by atoms with van der Waals surface area (Å²) >= 11 is 0. The second kappa shape index (κ2) is 9.19. The Bertz CT molecular complexity index is 926. The highest BCUT2D eigenvalue weighted by molar-refractivity contribution is 5.76. The van der Waals surface area contributed by atoms with Crippen LogP contribution in [0.3, 0.4) is 0 Å². The van der Waals surface area contributed by atoms with Crippen molar-refractivity contribution in [1.29, 1.82) is 0 Å². The molecule has 10 heteroatoms. The molecule has 1 fully saturated rings. The first-order chi connectivity index (χ1) is 13.8. The maximum absolute atomic E-state index is 12.1. The number of aromatic nitrogens is 1. The molecule has 0 bridgehead atoms. The lowest BCUT2D eigenvalue weighted by atomic mass is 10.2. The van der Waals surface area contributed by atoms with E-state index in [0.29, 0.717) is 25.0 Å². The van der Waals surface area contributed by atoms with Gasteiger partial charge in [0.25, 0.3) is 5.69 Å². The standard InChI is InChI=1S/C19H26N4O6/c1-13-11-21(12-14(2)28-13)9-7-20-18(24)4-3-8-22-16-6-5-15(23(26)27)10-17(16)29-19(22)25/h5-6,10,13-14H,3-4,7-9,11-12H2,1-2H3,(H,20,24). The Hall–Kier alpha value is -2.72. The van der Waals surface area contributed by atoms with Gasteiger partial charge in [0.15, 0.2) is 5.58 Å². The Morgan fingerprint density at radius 2 is 2.00 bits per heavy atom. The van der Waals surface area contributed by atoms with E-state index in [2.05, 4.69) is 10.2 Å². The second-order valence-corrected chi connectivity index (χ2v) is 7.40. The van der Waals surface area contributed by atoms with Crippen molar-refractivity contribution in [3.8, 4) is 0 Å². The molecule has 1 aliphatic heterocycles. The lowest BCUT2D eigenvalue weighted by Crippen LogP contribution is -2.47. The van der Waals surface area contributed by atoms with Crippen LogP contribution in [0.1, 0.15) is 26.7 Å². The number of rotatable bonds is 8. The zero-order chi connectivity index (χ0) is 21.0. The molecular weight excluding hydrogens is 380 g/mol. The van der Waals surface area contributed by atoms with Gasteiger partial charge in [-0.1, -0.05) is 0 Å². The number of oxazole rings is 1. The summed E-state index contributed by atoms with van der Waals surface area (Å²) in [6.07, 6.45) is 1.13. The summed E-state index contributed by atoms with van der Waals surface area (Å²) in [6, 6.07) is 4.05. The molecule has 1 aromatic carbocycles. The quantitative estimate of drug-likeness (QED) is 0.521. The minimum absolute atomic E-state index is 0.0733. The SMILES string of the molecule is CC1CN(CCNC(=O)CCCn2c(=O)oc3cc([N+](=O)[O-])ccc32)CC(C)O1. The predicted molar refractivity (Wildman–Crippen MR) is 106 cm³/mol. The summed E-state index contributed by atoms with van der Waals surface area (Å²) < 4.78 is 12.2. The summed E-state index contributed by atoms with van der Waals surface area (Å²) in [5.41, 5.74) is 0.515. The fourth-order valence-electron chi connectivity index (χ4n) is 3.69. The van der Waals surface area contributed by atoms with Crippen molar-refractivity contribution in [3.63, 3.8) is 0 Å². The van der Waals surface area contributed by atoms with Crippen molar-refractivity contribution in [1.82, 2.24) is 14.8 Å². The van der Waals surface area contributed by atoms with Gasteiger partial charge in [-0.15, -0.1) is 0 Å². The van der Waals surface area contributed by atoms with Gasteiger partial charge < -0.3 is 14.5 Å². The van der Waals surface area contributed by atoms with Crippen LogP contribution in [0.2, 0.25) is 0 Å².